The average Bonchev–Trinajstić information content (AvgIpc) is 2.13. The molecule has 0 aliphatic rings. The van der Waals surface area contributed by atoms with Gasteiger partial charge in [-0.25, -0.2) is 0 Å². The number of alkyl halides is 3. The zero-order chi connectivity index (χ0) is 11.9. The lowest BCUT2D eigenvalue weighted by molar-refractivity contribution is -0.148. The summed E-state index contributed by atoms with van der Waals surface area (Å²) in [4.78, 5) is 11.4. The standard InChI is InChI=1S/C10H17Cl3O2/c1-3-4-5-6-8(2)9(14)15-7-10(11,12)13/h8H,3-7H2,1-2H3. The zero-order valence-electron chi connectivity index (χ0n) is 9.06. The van der Waals surface area contributed by atoms with Crippen molar-refractivity contribution < 1.29 is 9.53 Å². The SMILES string of the molecule is CCCCCC(C)C(=O)OCC(Cl)(Cl)Cl. The van der Waals surface area contributed by atoms with E-state index in [1.165, 1.54) is 0 Å². The average molecular weight is 276 g/mol. The van der Waals surface area contributed by atoms with Crippen LogP contribution in [0.4, 0.5) is 0 Å². The summed E-state index contributed by atoms with van der Waals surface area (Å²) in [6.45, 7) is 3.76. The molecular formula is C10H17Cl3O2. The van der Waals surface area contributed by atoms with Crippen LogP contribution in [-0.4, -0.2) is 16.4 Å². The van der Waals surface area contributed by atoms with Gasteiger partial charge in [0.2, 0.25) is 3.79 Å². The van der Waals surface area contributed by atoms with Crippen molar-refractivity contribution in [3.63, 3.8) is 0 Å². The Labute approximate surface area is 106 Å². The first-order valence-electron chi connectivity index (χ1n) is 5.10. The summed E-state index contributed by atoms with van der Waals surface area (Å²) in [7, 11) is 0. The van der Waals surface area contributed by atoms with Crippen molar-refractivity contribution in [1.29, 1.82) is 0 Å². The lowest BCUT2D eigenvalue weighted by Gasteiger charge is -2.14. The molecule has 15 heavy (non-hydrogen) atoms. The molecule has 0 saturated carbocycles. The lowest BCUT2D eigenvalue weighted by atomic mass is 10.0. The fourth-order valence-electron chi connectivity index (χ4n) is 1.11. The number of esters is 1. The van der Waals surface area contributed by atoms with Crippen LogP contribution in [0, 0.1) is 5.92 Å². The topological polar surface area (TPSA) is 26.3 Å². The molecule has 0 aromatic carbocycles. The molecule has 2 nitrogen and oxygen atoms in total. The first kappa shape index (κ1) is 15.3. The Kier molecular flexibility index (Phi) is 7.76. The summed E-state index contributed by atoms with van der Waals surface area (Å²) < 4.78 is 3.35. The van der Waals surface area contributed by atoms with Gasteiger partial charge < -0.3 is 4.74 Å². The van der Waals surface area contributed by atoms with E-state index >= 15 is 0 Å². The molecule has 0 aliphatic carbocycles. The van der Waals surface area contributed by atoms with Crippen molar-refractivity contribution in [3.05, 3.63) is 0 Å². The van der Waals surface area contributed by atoms with E-state index in [0.717, 1.165) is 25.7 Å². The van der Waals surface area contributed by atoms with Crippen LogP contribution in [0.25, 0.3) is 0 Å². The molecule has 0 aromatic rings. The van der Waals surface area contributed by atoms with Gasteiger partial charge in [-0.3, -0.25) is 4.79 Å². The van der Waals surface area contributed by atoms with Gasteiger partial charge in [-0.15, -0.1) is 0 Å². The maximum absolute atomic E-state index is 11.4. The molecule has 0 saturated heterocycles. The molecule has 0 aliphatic heterocycles. The second-order valence-corrected chi connectivity index (χ2v) is 6.14. The molecule has 0 spiro atoms. The molecule has 0 aromatic heterocycles. The molecule has 0 bridgehead atoms. The molecule has 0 N–H and O–H groups in total. The van der Waals surface area contributed by atoms with E-state index in [2.05, 4.69) is 6.92 Å². The predicted octanol–water partition coefficient (Wildman–Crippen LogP) is 4.12. The van der Waals surface area contributed by atoms with Crippen molar-refractivity contribution >= 4 is 40.8 Å². The van der Waals surface area contributed by atoms with Crippen LogP contribution in [0.3, 0.4) is 0 Å². The number of ether oxygens (including phenoxy) is 1. The van der Waals surface area contributed by atoms with E-state index in [-0.39, 0.29) is 18.5 Å². The normalized spacial score (nSPS) is 13.7. The van der Waals surface area contributed by atoms with Crippen LogP contribution < -0.4 is 0 Å². The van der Waals surface area contributed by atoms with E-state index in [0.29, 0.717) is 0 Å². The minimum atomic E-state index is -1.52. The van der Waals surface area contributed by atoms with Crippen LogP contribution in [0.2, 0.25) is 0 Å². The number of rotatable bonds is 6. The van der Waals surface area contributed by atoms with E-state index < -0.39 is 3.79 Å². The van der Waals surface area contributed by atoms with Gasteiger partial charge in [0.05, 0.1) is 5.92 Å². The first-order valence-corrected chi connectivity index (χ1v) is 6.23. The fourth-order valence-corrected chi connectivity index (χ4v) is 1.28. The summed E-state index contributed by atoms with van der Waals surface area (Å²) in [5, 5.41) is 0. The second-order valence-electron chi connectivity index (χ2n) is 3.62. The Morgan fingerprint density at radius 3 is 2.40 bits per heavy atom. The van der Waals surface area contributed by atoms with E-state index in [1.54, 1.807) is 0 Å². The second kappa shape index (κ2) is 7.59. The molecule has 1 atom stereocenters. The van der Waals surface area contributed by atoms with Gasteiger partial charge in [-0.05, 0) is 6.42 Å². The third-order valence-corrected chi connectivity index (χ3v) is 2.35. The quantitative estimate of drug-likeness (QED) is 0.414. The van der Waals surface area contributed by atoms with Crippen molar-refractivity contribution in [2.45, 2.75) is 43.3 Å². The fraction of sp³-hybridized carbons (Fsp3) is 0.900. The number of hydrogen-bond acceptors (Lipinski definition) is 2. The summed E-state index contributed by atoms with van der Waals surface area (Å²) in [6, 6.07) is 0. The molecule has 90 valence electrons. The Hall–Kier alpha value is 0.340. The van der Waals surface area contributed by atoms with Crippen LogP contribution in [0.1, 0.15) is 39.5 Å². The molecule has 0 rings (SSSR count). The van der Waals surface area contributed by atoms with Gasteiger partial charge in [-0.1, -0.05) is 67.9 Å². The minimum absolute atomic E-state index is 0.121. The number of halogens is 3. The zero-order valence-corrected chi connectivity index (χ0v) is 11.3. The Morgan fingerprint density at radius 2 is 1.93 bits per heavy atom. The van der Waals surface area contributed by atoms with E-state index in [9.17, 15) is 4.79 Å². The minimum Gasteiger partial charge on any atom is -0.461 e. The summed E-state index contributed by atoms with van der Waals surface area (Å²) in [5.41, 5.74) is 0. The maximum atomic E-state index is 11.4. The molecule has 0 radical (unpaired) electrons. The third kappa shape index (κ3) is 9.28. The van der Waals surface area contributed by atoms with Gasteiger partial charge in [0.15, 0.2) is 0 Å². The van der Waals surface area contributed by atoms with Gasteiger partial charge in [0.1, 0.15) is 6.61 Å². The van der Waals surface area contributed by atoms with Crippen LogP contribution >= 0.6 is 34.8 Å². The summed E-state index contributed by atoms with van der Waals surface area (Å²) >= 11 is 16.4. The number of unbranched alkanes of at least 4 members (excludes halogenated alkanes) is 2. The predicted molar refractivity (Wildman–Crippen MR) is 64.6 cm³/mol. The lowest BCUT2D eigenvalue weighted by Crippen LogP contribution is -2.21. The molecular weight excluding hydrogens is 258 g/mol. The molecule has 1 unspecified atom stereocenters. The first-order chi connectivity index (χ1) is 6.87. The highest BCUT2D eigenvalue weighted by Gasteiger charge is 2.23. The molecule has 5 heteroatoms. The molecule has 0 amide bonds. The maximum Gasteiger partial charge on any atom is 0.308 e. The highest BCUT2D eigenvalue weighted by Crippen LogP contribution is 2.26. The monoisotopic (exact) mass is 274 g/mol. The smallest absolute Gasteiger partial charge is 0.308 e. The van der Waals surface area contributed by atoms with Crippen molar-refractivity contribution in [1.82, 2.24) is 0 Å². The van der Waals surface area contributed by atoms with E-state index in [4.69, 9.17) is 39.5 Å². The van der Waals surface area contributed by atoms with Crippen molar-refractivity contribution in [3.8, 4) is 0 Å². The van der Waals surface area contributed by atoms with Crippen LogP contribution in [0.15, 0.2) is 0 Å². The Bertz CT molecular complexity index is 190. The van der Waals surface area contributed by atoms with Crippen LogP contribution in [-0.2, 0) is 9.53 Å². The molecule has 0 heterocycles. The number of carbonyl (C=O) groups is 1. The summed E-state index contributed by atoms with van der Waals surface area (Å²) in [6.07, 6.45) is 4.12. The largest absolute Gasteiger partial charge is 0.461 e. The Morgan fingerprint density at radius 1 is 1.33 bits per heavy atom. The van der Waals surface area contributed by atoms with E-state index in [1.807, 2.05) is 6.92 Å². The van der Waals surface area contributed by atoms with Crippen molar-refractivity contribution in [2.24, 2.45) is 5.92 Å². The Balaban J connectivity index is 3.70. The van der Waals surface area contributed by atoms with Crippen LogP contribution in [0.5, 0.6) is 0 Å². The van der Waals surface area contributed by atoms with Gasteiger partial charge >= 0.3 is 5.97 Å². The van der Waals surface area contributed by atoms with Gasteiger partial charge in [0, 0.05) is 0 Å². The summed E-state index contributed by atoms with van der Waals surface area (Å²) in [5.74, 6) is -0.415. The van der Waals surface area contributed by atoms with Gasteiger partial charge in [0.25, 0.3) is 0 Å². The highest BCUT2D eigenvalue weighted by atomic mass is 35.6. The van der Waals surface area contributed by atoms with Crippen molar-refractivity contribution in [2.75, 3.05) is 6.61 Å². The number of hydrogen-bond donors (Lipinski definition) is 0. The highest BCUT2D eigenvalue weighted by molar-refractivity contribution is 6.67. The number of carbonyl (C=O) groups excluding carboxylic acids is 1. The molecule has 0 fully saturated rings. The third-order valence-electron chi connectivity index (χ3n) is 2.02. The van der Waals surface area contributed by atoms with Gasteiger partial charge in [-0.2, -0.15) is 0 Å².